The Bertz CT molecular complexity index is 720. The molecule has 1 heterocycles. The van der Waals surface area contributed by atoms with Crippen molar-refractivity contribution < 1.29 is 9.53 Å². The van der Waals surface area contributed by atoms with Gasteiger partial charge < -0.3 is 15.8 Å². The lowest BCUT2D eigenvalue weighted by atomic mass is 9.81. The first kappa shape index (κ1) is 17.5. The van der Waals surface area contributed by atoms with Crippen molar-refractivity contribution in [3.8, 4) is 5.75 Å². The lowest BCUT2D eigenvalue weighted by molar-refractivity contribution is 0.1000. The number of benzene rings is 2. The summed E-state index contributed by atoms with van der Waals surface area (Å²) < 4.78 is 6.20. The fourth-order valence-corrected chi connectivity index (χ4v) is 3.75. The Morgan fingerprint density at radius 3 is 2.52 bits per heavy atom. The molecule has 2 aromatic carbocycles. The summed E-state index contributed by atoms with van der Waals surface area (Å²) >= 11 is 0. The number of rotatable bonds is 5. The highest BCUT2D eigenvalue weighted by Crippen LogP contribution is 2.32. The second-order valence-corrected chi connectivity index (χ2v) is 6.88. The highest BCUT2D eigenvalue weighted by atomic mass is 16.5. The maximum Gasteiger partial charge on any atom is 0.248 e. The number of nitrogens with two attached hydrogens (primary N) is 1. The van der Waals surface area contributed by atoms with E-state index in [0.717, 1.165) is 36.4 Å². The van der Waals surface area contributed by atoms with E-state index in [1.165, 1.54) is 5.56 Å². The number of nitrogens with one attached hydrogen (secondary N) is 1. The van der Waals surface area contributed by atoms with E-state index >= 15 is 0 Å². The first-order valence-electron chi connectivity index (χ1n) is 8.85. The third-order valence-corrected chi connectivity index (χ3v) is 5.02. The molecule has 2 unspecified atom stereocenters. The second-order valence-electron chi connectivity index (χ2n) is 6.88. The van der Waals surface area contributed by atoms with E-state index in [2.05, 4.69) is 35.6 Å². The van der Waals surface area contributed by atoms with Gasteiger partial charge in [0.25, 0.3) is 0 Å². The molecule has 2 aromatic rings. The van der Waals surface area contributed by atoms with Crippen LogP contribution in [0, 0.1) is 19.8 Å². The van der Waals surface area contributed by atoms with Gasteiger partial charge in [0.2, 0.25) is 5.91 Å². The third kappa shape index (κ3) is 4.02. The predicted molar refractivity (Wildman–Crippen MR) is 100 cm³/mol. The quantitative estimate of drug-likeness (QED) is 0.880. The zero-order valence-corrected chi connectivity index (χ0v) is 14.9. The fraction of sp³-hybridized carbons (Fsp3) is 0.381. The maximum absolute atomic E-state index is 11.4. The SMILES string of the molecule is Cc1cc(C(N)=O)cc(C)c1OCC1CNCCC1c1ccccc1. The Labute approximate surface area is 149 Å². The van der Waals surface area contributed by atoms with E-state index in [4.69, 9.17) is 10.5 Å². The van der Waals surface area contributed by atoms with Crippen molar-refractivity contribution in [3.05, 3.63) is 64.7 Å². The standard InChI is InChI=1S/C21H26N2O2/c1-14-10-17(21(22)24)11-15(2)20(14)25-13-18-12-23-9-8-19(18)16-6-4-3-5-7-16/h3-7,10-11,18-19,23H,8-9,12-13H2,1-2H3,(H2,22,24). The average molecular weight is 338 g/mol. The number of ether oxygens (including phenoxy) is 1. The number of amides is 1. The Kier molecular flexibility index (Phi) is 5.39. The van der Waals surface area contributed by atoms with Gasteiger partial charge in [0.05, 0.1) is 6.61 Å². The lowest BCUT2D eigenvalue weighted by Crippen LogP contribution is -2.38. The van der Waals surface area contributed by atoms with Gasteiger partial charge in [-0.15, -0.1) is 0 Å². The van der Waals surface area contributed by atoms with Crippen molar-refractivity contribution in [2.45, 2.75) is 26.2 Å². The van der Waals surface area contributed by atoms with E-state index < -0.39 is 5.91 Å². The molecule has 1 aliphatic heterocycles. The molecule has 1 aliphatic rings. The maximum atomic E-state index is 11.4. The Morgan fingerprint density at radius 1 is 1.20 bits per heavy atom. The molecule has 0 radical (unpaired) electrons. The number of piperidine rings is 1. The summed E-state index contributed by atoms with van der Waals surface area (Å²) in [6.07, 6.45) is 1.12. The number of aryl methyl sites for hydroxylation is 2. The Balaban J connectivity index is 1.75. The van der Waals surface area contributed by atoms with Gasteiger partial charge in [-0.25, -0.2) is 0 Å². The highest BCUT2D eigenvalue weighted by molar-refractivity contribution is 5.93. The zero-order valence-electron chi connectivity index (χ0n) is 14.9. The summed E-state index contributed by atoms with van der Waals surface area (Å²) in [7, 11) is 0. The van der Waals surface area contributed by atoms with E-state index in [1.807, 2.05) is 13.8 Å². The minimum atomic E-state index is -0.404. The van der Waals surface area contributed by atoms with Gasteiger partial charge in [0.15, 0.2) is 0 Å². The highest BCUT2D eigenvalue weighted by Gasteiger charge is 2.27. The molecule has 0 bridgehead atoms. The van der Waals surface area contributed by atoms with E-state index in [-0.39, 0.29) is 0 Å². The molecule has 0 saturated carbocycles. The van der Waals surface area contributed by atoms with E-state index in [9.17, 15) is 4.79 Å². The van der Waals surface area contributed by atoms with Crippen molar-refractivity contribution in [1.29, 1.82) is 0 Å². The summed E-state index contributed by atoms with van der Waals surface area (Å²) in [5.74, 6) is 1.39. The van der Waals surface area contributed by atoms with Crippen LogP contribution in [0.5, 0.6) is 5.75 Å². The zero-order chi connectivity index (χ0) is 17.8. The van der Waals surface area contributed by atoms with Gasteiger partial charge in [-0.05, 0) is 61.6 Å². The molecule has 4 nitrogen and oxygen atoms in total. The molecule has 132 valence electrons. The van der Waals surface area contributed by atoms with Gasteiger partial charge in [-0.2, -0.15) is 0 Å². The molecule has 2 atom stereocenters. The van der Waals surface area contributed by atoms with Gasteiger partial charge in [-0.3, -0.25) is 4.79 Å². The van der Waals surface area contributed by atoms with Crippen molar-refractivity contribution >= 4 is 5.91 Å². The lowest BCUT2D eigenvalue weighted by Gasteiger charge is -2.32. The molecule has 1 saturated heterocycles. The third-order valence-electron chi connectivity index (χ3n) is 5.02. The van der Waals surface area contributed by atoms with Crippen molar-refractivity contribution in [2.75, 3.05) is 19.7 Å². The minimum Gasteiger partial charge on any atom is -0.493 e. The molecule has 4 heteroatoms. The summed E-state index contributed by atoms with van der Waals surface area (Å²) in [5, 5.41) is 3.48. The first-order valence-corrected chi connectivity index (χ1v) is 8.85. The summed E-state index contributed by atoms with van der Waals surface area (Å²) in [6.45, 7) is 6.58. The number of carbonyl (C=O) groups is 1. The fourth-order valence-electron chi connectivity index (χ4n) is 3.75. The van der Waals surface area contributed by atoms with Gasteiger partial charge >= 0.3 is 0 Å². The van der Waals surface area contributed by atoms with Crippen molar-refractivity contribution in [1.82, 2.24) is 5.32 Å². The first-order chi connectivity index (χ1) is 12.1. The largest absolute Gasteiger partial charge is 0.493 e. The predicted octanol–water partition coefficient (Wildman–Crippen LogP) is 3.17. The van der Waals surface area contributed by atoms with Gasteiger partial charge in [0, 0.05) is 18.0 Å². The van der Waals surface area contributed by atoms with Crippen LogP contribution in [0.2, 0.25) is 0 Å². The molecule has 0 aromatic heterocycles. The summed E-state index contributed by atoms with van der Waals surface area (Å²) in [6, 6.07) is 14.3. The van der Waals surface area contributed by atoms with Gasteiger partial charge in [0.1, 0.15) is 5.75 Å². The molecule has 0 spiro atoms. The van der Waals surface area contributed by atoms with Crippen LogP contribution in [-0.2, 0) is 0 Å². The van der Waals surface area contributed by atoms with Crippen molar-refractivity contribution in [2.24, 2.45) is 11.7 Å². The van der Waals surface area contributed by atoms with Gasteiger partial charge in [-0.1, -0.05) is 30.3 Å². The number of primary amides is 1. The average Bonchev–Trinajstić information content (AvgIpc) is 2.62. The van der Waals surface area contributed by atoms with Crippen LogP contribution in [0.15, 0.2) is 42.5 Å². The summed E-state index contributed by atoms with van der Waals surface area (Å²) in [4.78, 5) is 11.4. The number of carbonyl (C=O) groups excluding carboxylic acids is 1. The molecule has 0 aliphatic carbocycles. The van der Waals surface area contributed by atoms with Crippen LogP contribution < -0.4 is 15.8 Å². The van der Waals surface area contributed by atoms with Crippen molar-refractivity contribution in [3.63, 3.8) is 0 Å². The molecular weight excluding hydrogens is 312 g/mol. The van der Waals surface area contributed by atoms with E-state index in [0.29, 0.717) is 24.0 Å². The van der Waals surface area contributed by atoms with Crippen LogP contribution in [0.4, 0.5) is 0 Å². The second kappa shape index (κ2) is 7.70. The number of hydrogen-bond acceptors (Lipinski definition) is 3. The van der Waals surface area contributed by atoms with Crippen LogP contribution in [0.3, 0.4) is 0 Å². The summed E-state index contributed by atoms with van der Waals surface area (Å²) in [5.41, 5.74) is 9.21. The molecule has 3 N–H and O–H groups in total. The van der Waals surface area contributed by atoms with E-state index in [1.54, 1.807) is 12.1 Å². The minimum absolute atomic E-state index is 0.404. The molecule has 25 heavy (non-hydrogen) atoms. The Hall–Kier alpha value is -2.33. The topological polar surface area (TPSA) is 64.4 Å². The van der Waals surface area contributed by atoms with Crippen LogP contribution in [0.1, 0.15) is 39.4 Å². The normalized spacial score (nSPS) is 20.2. The molecule has 1 amide bonds. The smallest absolute Gasteiger partial charge is 0.248 e. The van der Waals surface area contributed by atoms with Crippen LogP contribution in [0.25, 0.3) is 0 Å². The Morgan fingerprint density at radius 2 is 1.88 bits per heavy atom. The van der Waals surface area contributed by atoms with Crippen LogP contribution in [-0.4, -0.2) is 25.6 Å². The van der Waals surface area contributed by atoms with Crippen LogP contribution >= 0.6 is 0 Å². The molecular formula is C21H26N2O2. The number of hydrogen-bond donors (Lipinski definition) is 2. The molecule has 1 fully saturated rings. The monoisotopic (exact) mass is 338 g/mol. The molecule has 3 rings (SSSR count).